The minimum atomic E-state index is -3.02. The normalized spacial score (nSPS) is 12.0. The van der Waals surface area contributed by atoms with Gasteiger partial charge in [-0.25, -0.2) is 0 Å². The summed E-state index contributed by atoms with van der Waals surface area (Å²) in [4.78, 5) is 7.09. The van der Waals surface area contributed by atoms with Crippen molar-refractivity contribution < 1.29 is 18.3 Å². The average molecular weight is 229 g/mol. The SMILES string of the molecule is CC(=O)OC/C=C/C(F)(F)Br. The standard InChI is InChI=1S/C6H7BrF2O2/c1-5(10)11-4-2-3-6(7,8)9/h2-3H,4H2,1H3/b3-2+. The molecule has 0 fully saturated rings. The lowest BCUT2D eigenvalue weighted by molar-refractivity contribution is -0.139. The molecule has 0 saturated heterocycles. The molecule has 0 aliphatic carbocycles. The summed E-state index contributed by atoms with van der Waals surface area (Å²) in [6.07, 6.45) is 1.67. The van der Waals surface area contributed by atoms with Crippen LogP contribution in [-0.2, 0) is 9.53 Å². The molecule has 11 heavy (non-hydrogen) atoms. The van der Waals surface area contributed by atoms with E-state index >= 15 is 0 Å². The highest BCUT2D eigenvalue weighted by Crippen LogP contribution is 2.22. The van der Waals surface area contributed by atoms with Gasteiger partial charge in [-0.05, 0) is 28.1 Å². The predicted octanol–water partition coefficient (Wildman–Crippen LogP) is 2.09. The molecule has 0 unspecified atom stereocenters. The van der Waals surface area contributed by atoms with E-state index in [-0.39, 0.29) is 6.61 Å². The third kappa shape index (κ3) is 9.55. The summed E-state index contributed by atoms with van der Waals surface area (Å²) in [6, 6.07) is 0. The van der Waals surface area contributed by atoms with Crippen LogP contribution in [0, 0.1) is 0 Å². The smallest absolute Gasteiger partial charge is 0.320 e. The number of hydrogen-bond acceptors (Lipinski definition) is 2. The van der Waals surface area contributed by atoms with Crippen molar-refractivity contribution in [3.8, 4) is 0 Å². The fraction of sp³-hybridized carbons (Fsp3) is 0.500. The third-order valence-corrected chi connectivity index (χ3v) is 0.954. The van der Waals surface area contributed by atoms with E-state index < -0.39 is 10.8 Å². The monoisotopic (exact) mass is 228 g/mol. The van der Waals surface area contributed by atoms with Crippen LogP contribution in [0.1, 0.15) is 6.92 Å². The summed E-state index contributed by atoms with van der Waals surface area (Å²) in [6.45, 7) is 1.08. The molecule has 0 saturated carbocycles. The van der Waals surface area contributed by atoms with Crippen molar-refractivity contribution in [2.75, 3.05) is 6.61 Å². The van der Waals surface area contributed by atoms with Crippen molar-refractivity contribution in [2.24, 2.45) is 0 Å². The predicted molar refractivity (Wildman–Crippen MR) is 39.6 cm³/mol. The molecule has 0 amide bonds. The van der Waals surface area contributed by atoms with E-state index in [1.54, 1.807) is 0 Å². The maximum atomic E-state index is 11.9. The fourth-order valence-corrected chi connectivity index (χ4v) is 0.534. The molecule has 5 heteroatoms. The topological polar surface area (TPSA) is 26.3 Å². The third-order valence-electron chi connectivity index (χ3n) is 0.690. The lowest BCUT2D eigenvalue weighted by Crippen LogP contribution is -2.01. The Morgan fingerprint density at radius 1 is 1.73 bits per heavy atom. The summed E-state index contributed by atoms with van der Waals surface area (Å²) in [5, 5.41) is 0. The van der Waals surface area contributed by atoms with Gasteiger partial charge in [0.2, 0.25) is 0 Å². The number of ether oxygens (including phenoxy) is 1. The first-order valence-electron chi connectivity index (χ1n) is 2.79. The van der Waals surface area contributed by atoms with Crippen LogP contribution in [0.4, 0.5) is 8.78 Å². The molecule has 0 aromatic rings. The van der Waals surface area contributed by atoms with Gasteiger partial charge in [0.1, 0.15) is 6.61 Å². The Morgan fingerprint density at radius 2 is 2.27 bits per heavy atom. The Bertz CT molecular complexity index is 162. The number of halogens is 3. The van der Waals surface area contributed by atoms with Crippen LogP contribution < -0.4 is 0 Å². The Kier molecular flexibility index (Phi) is 4.25. The van der Waals surface area contributed by atoms with Gasteiger partial charge in [0.05, 0.1) is 0 Å². The maximum absolute atomic E-state index is 11.9. The molecule has 0 bridgehead atoms. The highest BCUT2D eigenvalue weighted by molar-refractivity contribution is 9.10. The number of hydrogen-bond donors (Lipinski definition) is 0. The quantitative estimate of drug-likeness (QED) is 0.420. The molecule has 0 radical (unpaired) electrons. The number of esters is 1. The van der Waals surface area contributed by atoms with E-state index in [9.17, 15) is 13.6 Å². The average Bonchev–Trinajstić information content (AvgIpc) is 1.78. The Morgan fingerprint density at radius 3 is 2.64 bits per heavy atom. The Hall–Kier alpha value is -0.450. The van der Waals surface area contributed by atoms with Gasteiger partial charge >= 0.3 is 10.8 Å². The number of allylic oxidation sites excluding steroid dienone is 1. The second kappa shape index (κ2) is 4.43. The van der Waals surface area contributed by atoms with E-state index in [0.717, 1.165) is 6.08 Å². The molecule has 0 heterocycles. The number of rotatable bonds is 3. The maximum Gasteiger partial charge on any atom is 0.320 e. The van der Waals surface area contributed by atoms with Crippen molar-refractivity contribution in [2.45, 2.75) is 11.8 Å². The van der Waals surface area contributed by atoms with Gasteiger partial charge in [-0.15, -0.1) is 0 Å². The molecule has 0 aromatic carbocycles. The van der Waals surface area contributed by atoms with Crippen LogP contribution in [0.25, 0.3) is 0 Å². The molecule has 0 atom stereocenters. The van der Waals surface area contributed by atoms with Crippen LogP contribution in [0.5, 0.6) is 0 Å². The molecule has 0 aliphatic rings. The van der Waals surface area contributed by atoms with E-state index in [1.165, 1.54) is 6.92 Å². The molecule has 0 rings (SSSR count). The minimum absolute atomic E-state index is 0.128. The summed E-state index contributed by atoms with van der Waals surface area (Å²) < 4.78 is 28.2. The highest BCUT2D eigenvalue weighted by Gasteiger charge is 2.17. The summed E-state index contributed by atoms with van der Waals surface area (Å²) in [5.41, 5.74) is 0. The van der Waals surface area contributed by atoms with Gasteiger partial charge in [0, 0.05) is 6.92 Å². The molecule has 0 N–H and O–H groups in total. The van der Waals surface area contributed by atoms with Crippen LogP contribution >= 0.6 is 15.9 Å². The minimum Gasteiger partial charge on any atom is -0.462 e. The van der Waals surface area contributed by atoms with Gasteiger partial charge in [0.25, 0.3) is 0 Å². The van der Waals surface area contributed by atoms with Crippen molar-refractivity contribution in [1.82, 2.24) is 0 Å². The van der Waals surface area contributed by atoms with Gasteiger partial charge in [-0.3, -0.25) is 4.79 Å². The van der Waals surface area contributed by atoms with Gasteiger partial charge < -0.3 is 4.74 Å². The first kappa shape index (κ1) is 10.6. The zero-order valence-corrected chi connectivity index (χ0v) is 7.40. The first-order valence-corrected chi connectivity index (χ1v) is 3.59. The fourth-order valence-electron chi connectivity index (χ4n) is 0.347. The molecular formula is C6H7BrF2O2. The van der Waals surface area contributed by atoms with E-state index in [1.807, 2.05) is 0 Å². The molecular weight excluding hydrogens is 222 g/mol. The van der Waals surface area contributed by atoms with Gasteiger partial charge in [-0.2, -0.15) is 8.78 Å². The Labute approximate surface area is 71.3 Å². The van der Waals surface area contributed by atoms with E-state index in [0.29, 0.717) is 6.08 Å². The van der Waals surface area contributed by atoms with Crippen LogP contribution in [0.2, 0.25) is 0 Å². The lowest BCUT2D eigenvalue weighted by Gasteiger charge is -1.99. The summed E-state index contributed by atoms with van der Waals surface area (Å²) in [7, 11) is 0. The molecule has 0 aromatic heterocycles. The number of carbonyl (C=O) groups is 1. The van der Waals surface area contributed by atoms with Crippen LogP contribution in [0.3, 0.4) is 0 Å². The highest BCUT2D eigenvalue weighted by atomic mass is 79.9. The van der Waals surface area contributed by atoms with Crippen LogP contribution in [0.15, 0.2) is 12.2 Å². The van der Waals surface area contributed by atoms with E-state index in [2.05, 4.69) is 20.7 Å². The van der Waals surface area contributed by atoms with Crippen molar-refractivity contribution in [1.29, 1.82) is 0 Å². The zero-order chi connectivity index (χ0) is 8.91. The molecule has 64 valence electrons. The second-order valence-electron chi connectivity index (χ2n) is 1.75. The summed E-state index contributed by atoms with van der Waals surface area (Å²) >= 11 is 2.09. The van der Waals surface area contributed by atoms with Gasteiger partial charge in [0.15, 0.2) is 0 Å². The lowest BCUT2D eigenvalue weighted by atomic mass is 10.5. The molecule has 0 aliphatic heterocycles. The first-order chi connectivity index (χ1) is 4.92. The largest absolute Gasteiger partial charge is 0.462 e. The van der Waals surface area contributed by atoms with Gasteiger partial charge in [-0.1, -0.05) is 0 Å². The number of alkyl halides is 3. The molecule has 0 spiro atoms. The van der Waals surface area contributed by atoms with Crippen molar-refractivity contribution >= 4 is 21.9 Å². The van der Waals surface area contributed by atoms with Crippen molar-refractivity contribution in [3.63, 3.8) is 0 Å². The summed E-state index contributed by atoms with van der Waals surface area (Å²) in [5.74, 6) is -0.493. The second-order valence-corrected chi connectivity index (χ2v) is 2.80. The van der Waals surface area contributed by atoms with Crippen LogP contribution in [-0.4, -0.2) is 17.4 Å². The van der Waals surface area contributed by atoms with Crippen molar-refractivity contribution in [3.05, 3.63) is 12.2 Å². The van der Waals surface area contributed by atoms with E-state index in [4.69, 9.17) is 0 Å². The zero-order valence-electron chi connectivity index (χ0n) is 5.81. The number of carbonyl (C=O) groups excluding carboxylic acids is 1. The molecule has 2 nitrogen and oxygen atoms in total. The Balaban J connectivity index is 3.54.